The number of hydrogen-bond donors (Lipinski definition) is 1. The number of nitrogens with one attached hydrogen (secondary N) is 1. The third kappa shape index (κ3) is 3.44. The van der Waals surface area contributed by atoms with E-state index in [2.05, 4.69) is 48.6 Å². The Balaban J connectivity index is 1.92. The first kappa shape index (κ1) is 13.8. The number of aromatic nitrogens is 1. The fraction of sp³-hybridized carbons (Fsp3) is 0.438. The van der Waals surface area contributed by atoms with Gasteiger partial charge in [-0.2, -0.15) is 0 Å². The first-order valence-electron chi connectivity index (χ1n) is 6.77. The molecule has 1 atom stereocenters. The fourth-order valence-electron chi connectivity index (χ4n) is 2.27. The molecule has 0 fully saturated rings. The fourth-order valence-corrected chi connectivity index (χ4v) is 2.27. The normalized spacial score (nSPS) is 12.6. The van der Waals surface area contributed by atoms with Crippen molar-refractivity contribution in [2.45, 2.75) is 46.7 Å². The molecule has 3 nitrogen and oxygen atoms in total. The van der Waals surface area contributed by atoms with Crippen molar-refractivity contribution < 1.29 is 4.52 Å². The van der Waals surface area contributed by atoms with E-state index in [0.29, 0.717) is 6.04 Å². The van der Waals surface area contributed by atoms with E-state index in [1.165, 1.54) is 16.7 Å². The van der Waals surface area contributed by atoms with E-state index < -0.39 is 0 Å². The second kappa shape index (κ2) is 6.02. The van der Waals surface area contributed by atoms with Crippen LogP contribution in [0.3, 0.4) is 0 Å². The molecule has 1 aromatic heterocycles. The molecule has 0 bridgehead atoms. The van der Waals surface area contributed by atoms with E-state index >= 15 is 0 Å². The molecular formula is C16H22N2O. The van der Waals surface area contributed by atoms with Crippen LogP contribution in [0.25, 0.3) is 0 Å². The summed E-state index contributed by atoms with van der Waals surface area (Å²) < 4.78 is 5.17. The monoisotopic (exact) mass is 258 g/mol. The lowest BCUT2D eigenvalue weighted by molar-refractivity contribution is 0.391. The van der Waals surface area contributed by atoms with E-state index in [9.17, 15) is 0 Å². The number of nitrogens with zero attached hydrogens (tertiary/aromatic N) is 1. The standard InChI is InChI=1S/C16H22N2O/c1-11-7-5-6-8-15(11)9-12(2)17-10-16-13(3)18-19-14(16)4/h5-8,12,17H,9-10H2,1-4H3. The molecule has 0 radical (unpaired) electrons. The zero-order chi connectivity index (χ0) is 13.8. The maximum Gasteiger partial charge on any atom is 0.138 e. The Labute approximate surface area is 115 Å². The quantitative estimate of drug-likeness (QED) is 0.894. The van der Waals surface area contributed by atoms with E-state index in [1.807, 2.05) is 13.8 Å². The molecule has 0 aliphatic heterocycles. The van der Waals surface area contributed by atoms with Crippen molar-refractivity contribution in [3.05, 3.63) is 52.4 Å². The van der Waals surface area contributed by atoms with Crippen molar-refractivity contribution in [1.29, 1.82) is 0 Å². The molecule has 0 aliphatic carbocycles. The minimum atomic E-state index is 0.426. The second-order valence-corrected chi connectivity index (χ2v) is 5.22. The largest absolute Gasteiger partial charge is 0.361 e. The SMILES string of the molecule is Cc1ccccc1CC(C)NCc1c(C)noc1C. The van der Waals surface area contributed by atoms with Gasteiger partial charge in [0, 0.05) is 18.2 Å². The Kier molecular flexibility index (Phi) is 4.38. The summed E-state index contributed by atoms with van der Waals surface area (Å²) in [5, 5.41) is 7.52. The van der Waals surface area contributed by atoms with Crippen LogP contribution in [-0.4, -0.2) is 11.2 Å². The van der Waals surface area contributed by atoms with Crippen LogP contribution >= 0.6 is 0 Å². The summed E-state index contributed by atoms with van der Waals surface area (Å²) in [7, 11) is 0. The van der Waals surface area contributed by atoms with Gasteiger partial charge in [-0.3, -0.25) is 0 Å². The summed E-state index contributed by atoms with van der Waals surface area (Å²) in [4.78, 5) is 0. The maximum atomic E-state index is 5.17. The Hall–Kier alpha value is -1.61. The second-order valence-electron chi connectivity index (χ2n) is 5.22. The molecule has 2 aromatic rings. The van der Waals surface area contributed by atoms with Crippen molar-refractivity contribution in [2.75, 3.05) is 0 Å². The van der Waals surface area contributed by atoms with E-state index in [0.717, 1.165) is 24.4 Å². The molecule has 2 rings (SSSR count). The minimum absolute atomic E-state index is 0.426. The molecule has 0 amide bonds. The van der Waals surface area contributed by atoms with Crippen LogP contribution in [0.2, 0.25) is 0 Å². The summed E-state index contributed by atoms with van der Waals surface area (Å²) in [6.45, 7) is 9.14. The molecule has 102 valence electrons. The van der Waals surface area contributed by atoms with E-state index in [1.54, 1.807) is 0 Å². The lowest BCUT2D eigenvalue weighted by atomic mass is 10.0. The van der Waals surface area contributed by atoms with Gasteiger partial charge in [-0.25, -0.2) is 0 Å². The molecule has 1 heterocycles. The van der Waals surface area contributed by atoms with Crippen molar-refractivity contribution in [1.82, 2.24) is 10.5 Å². The molecule has 0 saturated carbocycles. The zero-order valence-corrected chi connectivity index (χ0v) is 12.2. The summed E-state index contributed by atoms with van der Waals surface area (Å²) in [6.07, 6.45) is 1.04. The van der Waals surface area contributed by atoms with Crippen LogP contribution < -0.4 is 5.32 Å². The van der Waals surface area contributed by atoms with Gasteiger partial charge in [0.25, 0.3) is 0 Å². The maximum absolute atomic E-state index is 5.17. The van der Waals surface area contributed by atoms with Gasteiger partial charge in [0.1, 0.15) is 5.76 Å². The molecule has 3 heteroatoms. The number of aryl methyl sites for hydroxylation is 3. The van der Waals surface area contributed by atoms with Crippen molar-refractivity contribution in [3.8, 4) is 0 Å². The first-order chi connectivity index (χ1) is 9.08. The van der Waals surface area contributed by atoms with Gasteiger partial charge in [-0.15, -0.1) is 0 Å². The predicted octanol–water partition coefficient (Wildman–Crippen LogP) is 3.32. The summed E-state index contributed by atoms with van der Waals surface area (Å²) in [5.41, 5.74) is 4.92. The highest BCUT2D eigenvalue weighted by molar-refractivity contribution is 5.26. The van der Waals surface area contributed by atoms with Crippen LogP contribution in [-0.2, 0) is 13.0 Å². The van der Waals surface area contributed by atoms with Crippen molar-refractivity contribution >= 4 is 0 Å². The third-order valence-corrected chi connectivity index (χ3v) is 3.60. The average Bonchev–Trinajstić information content (AvgIpc) is 2.70. The van der Waals surface area contributed by atoms with Crippen LogP contribution in [0.4, 0.5) is 0 Å². The highest BCUT2D eigenvalue weighted by Crippen LogP contribution is 2.13. The molecule has 0 spiro atoms. The van der Waals surface area contributed by atoms with E-state index in [-0.39, 0.29) is 0 Å². The Morgan fingerprint density at radius 2 is 1.95 bits per heavy atom. The molecule has 19 heavy (non-hydrogen) atoms. The van der Waals surface area contributed by atoms with Gasteiger partial charge in [0.05, 0.1) is 5.69 Å². The van der Waals surface area contributed by atoms with Crippen LogP contribution in [0.1, 0.15) is 35.1 Å². The highest BCUT2D eigenvalue weighted by atomic mass is 16.5. The number of benzene rings is 1. The third-order valence-electron chi connectivity index (χ3n) is 3.60. The van der Waals surface area contributed by atoms with Gasteiger partial charge in [0.15, 0.2) is 0 Å². The summed E-state index contributed by atoms with van der Waals surface area (Å²) in [6, 6.07) is 8.97. The summed E-state index contributed by atoms with van der Waals surface area (Å²) in [5.74, 6) is 0.910. The lowest BCUT2D eigenvalue weighted by Gasteiger charge is -2.15. The van der Waals surface area contributed by atoms with Crippen molar-refractivity contribution in [3.63, 3.8) is 0 Å². The minimum Gasteiger partial charge on any atom is -0.361 e. The smallest absolute Gasteiger partial charge is 0.138 e. The van der Waals surface area contributed by atoms with Crippen molar-refractivity contribution in [2.24, 2.45) is 0 Å². The Morgan fingerprint density at radius 3 is 2.58 bits per heavy atom. The van der Waals surface area contributed by atoms with Crippen LogP contribution in [0.15, 0.2) is 28.8 Å². The first-order valence-corrected chi connectivity index (χ1v) is 6.77. The average molecular weight is 258 g/mol. The molecule has 1 N–H and O–H groups in total. The van der Waals surface area contributed by atoms with Gasteiger partial charge >= 0.3 is 0 Å². The lowest BCUT2D eigenvalue weighted by Crippen LogP contribution is -2.28. The molecule has 0 aliphatic rings. The Bertz CT molecular complexity index is 526. The van der Waals surface area contributed by atoms with Gasteiger partial charge in [-0.1, -0.05) is 29.4 Å². The predicted molar refractivity (Wildman–Crippen MR) is 77.2 cm³/mol. The Morgan fingerprint density at radius 1 is 1.21 bits per heavy atom. The molecule has 1 aromatic carbocycles. The molecular weight excluding hydrogens is 236 g/mol. The molecule has 1 unspecified atom stereocenters. The highest BCUT2D eigenvalue weighted by Gasteiger charge is 2.11. The van der Waals surface area contributed by atoms with E-state index in [4.69, 9.17) is 4.52 Å². The summed E-state index contributed by atoms with van der Waals surface area (Å²) >= 11 is 0. The number of hydrogen-bond acceptors (Lipinski definition) is 3. The van der Waals surface area contributed by atoms with Crippen LogP contribution in [0.5, 0.6) is 0 Å². The number of rotatable bonds is 5. The molecule has 0 saturated heterocycles. The topological polar surface area (TPSA) is 38.1 Å². The van der Waals surface area contributed by atoms with Gasteiger partial charge in [0.2, 0.25) is 0 Å². The zero-order valence-electron chi connectivity index (χ0n) is 12.2. The van der Waals surface area contributed by atoms with Crippen LogP contribution in [0, 0.1) is 20.8 Å². The van der Waals surface area contributed by atoms with Gasteiger partial charge < -0.3 is 9.84 Å². The van der Waals surface area contributed by atoms with Gasteiger partial charge in [-0.05, 0) is 45.2 Å².